The first kappa shape index (κ1) is 24.1. The Hall–Kier alpha value is -3.60. The number of amides is 1. The van der Waals surface area contributed by atoms with Gasteiger partial charge in [-0.1, -0.05) is 54.4 Å². The van der Waals surface area contributed by atoms with Gasteiger partial charge in [0.1, 0.15) is 16.5 Å². The number of nitrogens with one attached hydrogen (secondary N) is 1. The highest BCUT2D eigenvalue weighted by Gasteiger charge is 2.18. The van der Waals surface area contributed by atoms with Crippen LogP contribution in [0, 0.1) is 18.3 Å². The highest BCUT2D eigenvalue weighted by Crippen LogP contribution is 2.29. The van der Waals surface area contributed by atoms with Crippen LogP contribution in [0.2, 0.25) is 5.02 Å². The summed E-state index contributed by atoms with van der Waals surface area (Å²) in [5, 5.41) is 12.1. The molecule has 1 amide bonds. The summed E-state index contributed by atoms with van der Waals surface area (Å²) in [6.07, 6.45) is 2.24. The van der Waals surface area contributed by atoms with Crippen LogP contribution in [0.3, 0.4) is 0 Å². The van der Waals surface area contributed by atoms with E-state index in [-0.39, 0.29) is 21.2 Å². The van der Waals surface area contributed by atoms with E-state index in [9.17, 15) is 18.5 Å². The summed E-state index contributed by atoms with van der Waals surface area (Å²) in [5.74, 6) is -0.631. The van der Waals surface area contributed by atoms with Gasteiger partial charge in [0.05, 0.1) is 5.02 Å². The Balaban J connectivity index is 1.77. The Morgan fingerprint density at radius 2 is 1.76 bits per heavy atom. The monoisotopic (exact) mass is 480 g/mol. The number of carbonyl (C=O) groups is 1. The van der Waals surface area contributed by atoms with Crippen LogP contribution in [0.25, 0.3) is 6.08 Å². The second-order valence-corrected chi connectivity index (χ2v) is 9.17. The molecule has 0 aliphatic rings. The smallest absolute Gasteiger partial charge is 0.339 e. The molecular formula is C25H21ClN2O4S. The number of nitrogens with zero attached hydrogens (tertiary/aromatic N) is 1. The average molecular weight is 481 g/mol. The first-order valence-corrected chi connectivity index (χ1v) is 11.8. The van der Waals surface area contributed by atoms with Gasteiger partial charge < -0.3 is 9.50 Å². The van der Waals surface area contributed by atoms with Crippen LogP contribution in [0.5, 0.6) is 5.75 Å². The van der Waals surface area contributed by atoms with Crippen molar-refractivity contribution in [2.45, 2.75) is 25.2 Å². The molecule has 6 nitrogen and oxygen atoms in total. The van der Waals surface area contributed by atoms with Crippen molar-refractivity contribution in [1.82, 2.24) is 0 Å². The molecule has 0 radical (unpaired) electrons. The second-order valence-electron chi connectivity index (χ2n) is 7.21. The fraction of sp³-hybridized carbons (Fsp3) is 0.120. The molecule has 3 rings (SSSR count). The average Bonchev–Trinajstić information content (AvgIpc) is 2.79. The van der Waals surface area contributed by atoms with Gasteiger partial charge in [-0.2, -0.15) is 13.7 Å². The predicted molar refractivity (Wildman–Crippen MR) is 128 cm³/mol. The number of hydrogen-bond acceptors (Lipinski definition) is 5. The normalized spacial score (nSPS) is 11.5. The standard InChI is InChI=1S/C25H21ClN2O4S/c1-3-18-6-9-21(10-7-18)28-25(29)20(16-27)14-19-8-13-24(23(26)15-19)32-33(30,31)22-11-4-17(2)5-12-22/h4-15H,3H2,1-2H3,(H,28,29)/b20-14+. The minimum absolute atomic E-state index is 0.00328. The number of halogens is 1. The van der Waals surface area contributed by atoms with E-state index in [0.717, 1.165) is 17.5 Å². The summed E-state index contributed by atoms with van der Waals surface area (Å²) in [4.78, 5) is 12.5. The lowest BCUT2D eigenvalue weighted by molar-refractivity contribution is -0.112. The van der Waals surface area contributed by atoms with Gasteiger partial charge in [0, 0.05) is 5.69 Å². The van der Waals surface area contributed by atoms with Crippen molar-refractivity contribution in [3.63, 3.8) is 0 Å². The SMILES string of the molecule is CCc1ccc(NC(=O)/C(C#N)=C/c2ccc(OS(=O)(=O)c3ccc(C)cc3)c(Cl)c2)cc1. The summed E-state index contributed by atoms with van der Waals surface area (Å²) in [6, 6.07) is 19.7. The molecule has 0 unspecified atom stereocenters. The molecule has 0 aliphatic carbocycles. The molecule has 0 atom stereocenters. The zero-order chi connectivity index (χ0) is 24.0. The molecule has 3 aromatic rings. The zero-order valence-electron chi connectivity index (χ0n) is 18.0. The quantitative estimate of drug-likeness (QED) is 0.272. The number of nitriles is 1. The van der Waals surface area contributed by atoms with Crippen LogP contribution in [0.4, 0.5) is 5.69 Å². The summed E-state index contributed by atoms with van der Waals surface area (Å²) in [6.45, 7) is 3.88. The molecule has 0 aromatic heterocycles. The molecule has 168 valence electrons. The summed E-state index contributed by atoms with van der Waals surface area (Å²) < 4.78 is 30.1. The third-order valence-corrected chi connectivity index (χ3v) is 6.31. The van der Waals surface area contributed by atoms with Gasteiger partial charge in [-0.15, -0.1) is 0 Å². The van der Waals surface area contributed by atoms with E-state index in [1.165, 1.54) is 36.4 Å². The van der Waals surface area contributed by atoms with E-state index >= 15 is 0 Å². The number of carbonyl (C=O) groups excluding carboxylic acids is 1. The van der Waals surface area contributed by atoms with Crippen molar-refractivity contribution in [3.8, 4) is 11.8 Å². The van der Waals surface area contributed by atoms with Gasteiger partial charge in [-0.05, 0) is 66.9 Å². The number of hydrogen-bond donors (Lipinski definition) is 1. The first-order chi connectivity index (χ1) is 15.7. The Labute approximate surface area is 198 Å². The molecule has 0 saturated heterocycles. The van der Waals surface area contributed by atoms with Crippen LogP contribution in [0.1, 0.15) is 23.6 Å². The highest BCUT2D eigenvalue weighted by molar-refractivity contribution is 7.87. The van der Waals surface area contributed by atoms with Gasteiger partial charge in [0.25, 0.3) is 5.91 Å². The minimum Gasteiger partial charge on any atom is -0.377 e. The summed E-state index contributed by atoms with van der Waals surface area (Å²) in [7, 11) is -4.06. The molecule has 0 fully saturated rings. The summed E-state index contributed by atoms with van der Waals surface area (Å²) in [5.41, 5.74) is 2.92. The van der Waals surface area contributed by atoms with Gasteiger partial charge in [-0.25, -0.2) is 0 Å². The molecule has 33 heavy (non-hydrogen) atoms. The van der Waals surface area contributed by atoms with Crippen LogP contribution in [-0.2, 0) is 21.3 Å². The maximum absolute atomic E-state index is 12.5. The topological polar surface area (TPSA) is 96.3 Å². The van der Waals surface area contributed by atoms with E-state index in [4.69, 9.17) is 15.8 Å². The largest absolute Gasteiger partial charge is 0.377 e. The molecule has 0 bridgehead atoms. The fourth-order valence-corrected chi connectivity index (χ4v) is 4.10. The maximum Gasteiger partial charge on any atom is 0.339 e. The maximum atomic E-state index is 12.5. The number of anilines is 1. The lowest BCUT2D eigenvalue weighted by Crippen LogP contribution is -2.13. The van der Waals surface area contributed by atoms with E-state index in [2.05, 4.69) is 5.32 Å². The fourth-order valence-electron chi connectivity index (χ4n) is 2.88. The number of rotatable bonds is 7. The lowest BCUT2D eigenvalue weighted by atomic mass is 10.1. The van der Waals surface area contributed by atoms with Crippen LogP contribution in [0.15, 0.2) is 77.2 Å². The van der Waals surface area contributed by atoms with Crippen LogP contribution >= 0.6 is 11.6 Å². The van der Waals surface area contributed by atoms with Crippen molar-refractivity contribution in [2.75, 3.05) is 5.32 Å². The van der Waals surface area contributed by atoms with Crippen molar-refractivity contribution < 1.29 is 17.4 Å². The molecule has 1 N–H and O–H groups in total. The van der Waals surface area contributed by atoms with Gasteiger partial charge in [0.15, 0.2) is 5.75 Å². The Morgan fingerprint density at radius 1 is 1.09 bits per heavy atom. The number of aryl methyl sites for hydroxylation is 2. The van der Waals surface area contributed by atoms with Gasteiger partial charge in [-0.3, -0.25) is 4.79 Å². The molecule has 8 heteroatoms. The van der Waals surface area contributed by atoms with Crippen LogP contribution < -0.4 is 9.50 Å². The van der Waals surface area contributed by atoms with E-state index in [1.54, 1.807) is 24.3 Å². The highest BCUT2D eigenvalue weighted by atomic mass is 35.5. The lowest BCUT2D eigenvalue weighted by Gasteiger charge is -2.09. The molecule has 3 aromatic carbocycles. The molecular weight excluding hydrogens is 460 g/mol. The molecule has 0 aliphatic heterocycles. The second kappa shape index (κ2) is 10.3. The van der Waals surface area contributed by atoms with Crippen molar-refractivity contribution in [2.24, 2.45) is 0 Å². The Morgan fingerprint density at radius 3 is 2.33 bits per heavy atom. The first-order valence-electron chi connectivity index (χ1n) is 10.0. The Kier molecular flexibility index (Phi) is 7.54. The minimum atomic E-state index is -4.06. The summed E-state index contributed by atoms with van der Waals surface area (Å²) >= 11 is 6.21. The predicted octanol–water partition coefficient (Wildman–Crippen LogP) is 5.52. The van der Waals surface area contributed by atoms with Crippen molar-refractivity contribution >= 4 is 39.4 Å². The van der Waals surface area contributed by atoms with Crippen molar-refractivity contribution in [3.05, 3.63) is 94.0 Å². The Bertz CT molecular complexity index is 1340. The number of benzene rings is 3. The zero-order valence-corrected chi connectivity index (χ0v) is 19.6. The van der Waals surface area contributed by atoms with Gasteiger partial charge in [0.2, 0.25) is 0 Å². The van der Waals surface area contributed by atoms with E-state index in [0.29, 0.717) is 11.3 Å². The van der Waals surface area contributed by atoms with E-state index < -0.39 is 16.0 Å². The molecule has 0 spiro atoms. The van der Waals surface area contributed by atoms with Crippen LogP contribution in [-0.4, -0.2) is 14.3 Å². The van der Waals surface area contributed by atoms with E-state index in [1.807, 2.05) is 32.0 Å². The van der Waals surface area contributed by atoms with Crippen molar-refractivity contribution in [1.29, 1.82) is 5.26 Å². The van der Waals surface area contributed by atoms with Gasteiger partial charge >= 0.3 is 10.1 Å². The third kappa shape index (κ3) is 6.22. The third-order valence-electron chi connectivity index (χ3n) is 4.76. The molecule has 0 heterocycles. The molecule has 0 saturated carbocycles.